The van der Waals surface area contributed by atoms with Crippen LogP contribution in [-0.2, 0) is 7.05 Å². The van der Waals surface area contributed by atoms with Gasteiger partial charge in [0.15, 0.2) is 0 Å². The van der Waals surface area contributed by atoms with Crippen LogP contribution in [0, 0.1) is 0 Å². The van der Waals surface area contributed by atoms with Crippen LogP contribution in [0.4, 0.5) is 0 Å². The van der Waals surface area contributed by atoms with Crippen molar-refractivity contribution in [2.45, 2.75) is 0 Å². The Morgan fingerprint density at radius 1 is 1.24 bits per heavy atom. The van der Waals surface area contributed by atoms with E-state index in [1.54, 1.807) is 36.1 Å². The number of hydrogen-bond donors (Lipinski definition) is 1. The first kappa shape index (κ1) is 13.9. The molecule has 0 atom stereocenters. The number of carboxylic acid groups (broad SMARTS) is 1. The molecule has 1 aromatic carbocycles. The van der Waals surface area contributed by atoms with Crippen molar-refractivity contribution in [3.05, 3.63) is 46.1 Å². The molecule has 106 valence electrons. The van der Waals surface area contributed by atoms with Gasteiger partial charge >= 0.3 is 5.97 Å². The number of pyridine rings is 1. The lowest BCUT2D eigenvalue weighted by molar-refractivity contribution is 0.0699. The third-order valence-electron chi connectivity index (χ3n) is 3.17. The van der Waals surface area contributed by atoms with Gasteiger partial charge in [-0.15, -0.1) is 0 Å². The van der Waals surface area contributed by atoms with Gasteiger partial charge in [-0.25, -0.2) is 9.78 Å². The quantitative estimate of drug-likeness (QED) is 0.782. The van der Waals surface area contributed by atoms with Crippen molar-refractivity contribution >= 4 is 40.1 Å². The Balaban J connectivity index is 2.43. The summed E-state index contributed by atoms with van der Waals surface area (Å²) in [5, 5.41) is 14.5. The first-order valence-electron chi connectivity index (χ1n) is 5.99. The van der Waals surface area contributed by atoms with Crippen molar-refractivity contribution in [2.75, 3.05) is 0 Å². The van der Waals surface area contributed by atoms with Crippen LogP contribution in [0.25, 0.3) is 22.3 Å². The minimum Gasteiger partial charge on any atom is -0.478 e. The first-order valence-corrected chi connectivity index (χ1v) is 6.75. The Labute approximate surface area is 129 Å². The number of fused-ring (bicyclic) bond motifs is 1. The van der Waals surface area contributed by atoms with Gasteiger partial charge in [0.05, 0.1) is 32.5 Å². The highest BCUT2D eigenvalue weighted by molar-refractivity contribution is 6.41. The molecule has 21 heavy (non-hydrogen) atoms. The molecule has 7 heteroatoms. The predicted octanol–water partition coefficient (Wildman–Crippen LogP) is 3.64. The SMILES string of the molecule is Cn1nccc1-c1cc(C(=O)O)c2c(Cl)ccc(Cl)c2n1. The number of aryl methyl sites for hydroxylation is 1. The summed E-state index contributed by atoms with van der Waals surface area (Å²) in [6, 6.07) is 6.38. The van der Waals surface area contributed by atoms with Crippen LogP contribution in [-0.4, -0.2) is 25.8 Å². The van der Waals surface area contributed by atoms with E-state index in [-0.39, 0.29) is 5.56 Å². The highest BCUT2D eigenvalue weighted by Crippen LogP contribution is 2.33. The minimum atomic E-state index is -1.09. The van der Waals surface area contributed by atoms with Gasteiger partial charge in [-0.05, 0) is 24.3 Å². The molecular formula is C14H9Cl2N3O2. The lowest BCUT2D eigenvalue weighted by atomic mass is 10.1. The van der Waals surface area contributed by atoms with Crippen LogP contribution in [0.15, 0.2) is 30.5 Å². The first-order chi connectivity index (χ1) is 9.99. The molecule has 2 heterocycles. The zero-order chi connectivity index (χ0) is 15.1. The second-order valence-corrected chi connectivity index (χ2v) is 5.27. The highest BCUT2D eigenvalue weighted by atomic mass is 35.5. The maximum atomic E-state index is 11.5. The van der Waals surface area contributed by atoms with E-state index in [1.165, 1.54) is 6.07 Å². The molecule has 3 aromatic rings. The molecular weight excluding hydrogens is 313 g/mol. The molecule has 0 aliphatic rings. The number of carboxylic acids is 1. The Bertz CT molecular complexity index is 874. The van der Waals surface area contributed by atoms with E-state index in [0.29, 0.717) is 32.3 Å². The molecule has 2 aromatic heterocycles. The van der Waals surface area contributed by atoms with Crippen molar-refractivity contribution in [3.8, 4) is 11.4 Å². The molecule has 0 aliphatic carbocycles. The molecule has 0 unspecified atom stereocenters. The van der Waals surface area contributed by atoms with E-state index in [2.05, 4.69) is 10.1 Å². The number of aromatic carboxylic acids is 1. The van der Waals surface area contributed by atoms with Gasteiger partial charge in [-0.2, -0.15) is 5.10 Å². The lowest BCUT2D eigenvalue weighted by Gasteiger charge is -2.09. The van der Waals surface area contributed by atoms with E-state index >= 15 is 0 Å². The maximum absolute atomic E-state index is 11.5. The number of aromatic nitrogens is 3. The molecule has 0 bridgehead atoms. The largest absolute Gasteiger partial charge is 0.478 e. The average molecular weight is 322 g/mol. The van der Waals surface area contributed by atoms with Gasteiger partial charge in [0.1, 0.15) is 0 Å². The van der Waals surface area contributed by atoms with E-state index in [9.17, 15) is 9.90 Å². The fraction of sp³-hybridized carbons (Fsp3) is 0.0714. The van der Waals surface area contributed by atoms with E-state index < -0.39 is 5.97 Å². The van der Waals surface area contributed by atoms with Crippen LogP contribution in [0.1, 0.15) is 10.4 Å². The highest BCUT2D eigenvalue weighted by Gasteiger charge is 2.18. The number of hydrogen-bond acceptors (Lipinski definition) is 3. The number of nitrogens with zero attached hydrogens (tertiary/aromatic N) is 3. The van der Waals surface area contributed by atoms with Crippen LogP contribution >= 0.6 is 23.2 Å². The topological polar surface area (TPSA) is 68.0 Å². The molecule has 0 saturated heterocycles. The summed E-state index contributed by atoms with van der Waals surface area (Å²) in [6.07, 6.45) is 1.61. The smallest absolute Gasteiger partial charge is 0.336 e. The van der Waals surface area contributed by atoms with Crippen LogP contribution < -0.4 is 0 Å². The van der Waals surface area contributed by atoms with Crippen LogP contribution in [0.2, 0.25) is 10.0 Å². The van der Waals surface area contributed by atoms with Crippen molar-refractivity contribution in [2.24, 2.45) is 7.05 Å². The predicted molar refractivity (Wildman–Crippen MR) is 80.9 cm³/mol. The average Bonchev–Trinajstić information content (AvgIpc) is 2.88. The van der Waals surface area contributed by atoms with Gasteiger partial charge in [-0.3, -0.25) is 4.68 Å². The zero-order valence-corrected chi connectivity index (χ0v) is 12.4. The minimum absolute atomic E-state index is 0.0590. The molecule has 0 aliphatic heterocycles. The number of halogens is 2. The van der Waals surface area contributed by atoms with Crippen molar-refractivity contribution in [1.82, 2.24) is 14.8 Å². The Hall–Kier alpha value is -2.11. The van der Waals surface area contributed by atoms with Gasteiger partial charge in [0.25, 0.3) is 0 Å². The second kappa shape index (κ2) is 5.02. The fourth-order valence-corrected chi connectivity index (χ4v) is 2.65. The summed E-state index contributed by atoms with van der Waals surface area (Å²) in [7, 11) is 1.75. The Morgan fingerprint density at radius 2 is 1.95 bits per heavy atom. The number of carbonyl (C=O) groups is 1. The molecule has 5 nitrogen and oxygen atoms in total. The van der Waals surface area contributed by atoms with Gasteiger partial charge in [0.2, 0.25) is 0 Å². The third-order valence-corrected chi connectivity index (χ3v) is 3.79. The van der Waals surface area contributed by atoms with Crippen LogP contribution in [0.5, 0.6) is 0 Å². The molecule has 1 N–H and O–H groups in total. The molecule has 0 saturated carbocycles. The maximum Gasteiger partial charge on any atom is 0.336 e. The number of benzene rings is 1. The monoisotopic (exact) mass is 321 g/mol. The van der Waals surface area contributed by atoms with E-state index in [4.69, 9.17) is 23.2 Å². The zero-order valence-electron chi connectivity index (χ0n) is 10.8. The number of rotatable bonds is 2. The second-order valence-electron chi connectivity index (χ2n) is 4.45. The van der Waals surface area contributed by atoms with Gasteiger partial charge in [-0.1, -0.05) is 23.2 Å². The Kier molecular flexibility index (Phi) is 3.31. The van der Waals surface area contributed by atoms with Gasteiger partial charge < -0.3 is 5.11 Å². The molecule has 3 rings (SSSR count). The standard InChI is InChI=1S/C14H9Cl2N3O2/c1-19-11(4-5-17-19)10-6-7(14(20)21)12-8(15)2-3-9(16)13(12)18-10/h2-6H,1H3,(H,20,21). The summed E-state index contributed by atoms with van der Waals surface area (Å²) < 4.78 is 1.61. The molecule has 0 radical (unpaired) electrons. The molecule has 0 amide bonds. The summed E-state index contributed by atoms with van der Waals surface area (Å²) in [5.74, 6) is -1.09. The van der Waals surface area contributed by atoms with Gasteiger partial charge in [0, 0.05) is 18.6 Å². The Morgan fingerprint density at radius 3 is 2.57 bits per heavy atom. The lowest BCUT2D eigenvalue weighted by Crippen LogP contribution is -2.03. The molecule has 0 spiro atoms. The van der Waals surface area contributed by atoms with Crippen molar-refractivity contribution < 1.29 is 9.90 Å². The summed E-state index contributed by atoms with van der Waals surface area (Å²) >= 11 is 12.2. The van der Waals surface area contributed by atoms with E-state index in [0.717, 1.165) is 0 Å². The normalized spacial score (nSPS) is 11.0. The third kappa shape index (κ3) is 2.24. The summed E-state index contributed by atoms with van der Waals surface area (Å²) in [6.45, 7) is 0. The molecule has 0 fully saturated rings. The van der Waals surface area contributed by atoms with Crippen LogP contribution in [0.3, 0.4) is 0 Å². The van der Waals surface area contributed by atoms with Crippen molar-refractivity contribution in [1.29, 1.82) is 0 Å². The fourth-order valence-electron chi connectivity index (χ4n) is 2.19. The van der Waals surface area contributed by atoms with E-state index in [1.807, 2.05) is 0 Å². The van der Waals surface area contributed by atoms with Crippen molar-refractivity contribution in [3.63, 3.8) is 0 Å². The summed E-state index contributed by atoms with van der Waals surface area (Å²) in [5.41, 5.74) is 1.59. The summed E-state index contributed by atoms with van der Waals surface area (Å²) in [4.78, 5) is 16.0.